The molecule has 0 aromatic heterocycles. The molecule has 1 heterocycles. The molecular formula is C13H13ClN2O. The van der Waals surface area contributed by atoms with Crippen LogP contribution in [0.15, 0.2) is 41.6 Å². The van der Waals surface area contributed by atoms with Gasteiger partial charge in [-0.25, -0.2) is 0 Å². The van der Waals surface area contributed by atoms with Crippen molar-refractivity contribution < 1.29 is 4.79 Å². The fraction of sp³-hybridized carbons (Fsp3) is 0.154. The monoisotopic (exact) mass is 248 g/mol. The molecule has 0 saturated heterocycles. The van der Waals surface area contributed by atoms with Gasteiger partial charge >= 0.3 is 0 Å². The quantitative estimate of drug-likeness (QED) is 0.625. The minimum absolute atomic E-state index is 0.0831. The first-order valence-corrected chi connectivity index (χ1v) is 5.68. The number of carbonyl (C=O) groups excluding carboxylic acids is 1. The predicted octanol–water partition coefficient (Wildman–Crippen LogP) is 2.54. The Labute approximate surface area is 105 Å². The Morgan fingerprint density at radius 3 is 2.94 bits per heavy atom. The van der Waals surface area contributed by atoms with Crippen molar-refractivity contribution in [1.29, 1.82) is 0 Å². The molecule has 1 aliphatic heterocycles. The SMILES string of the molecule is CC1=CNCC=C1C(=O)c1cc(Cl)ccc1N. The van der Waals surface area contributed by atoms with Crippen molar-refractivity contribution in [3.63, 3.8) is 0 Å². The van der Waals surface area contributed by atoms with Crippen LogP contribution in [0.2, 0.25) is 5.02 Å². The van der Waals surface area contributed by atoms with Crippen molar-refractivity contribution in [2.45, 2.75) is 6.92 Å². The normalized spacial score (nSPS) is 14.7. The fourth-order valence-corrected chi connectivity index (χ4v) is 1.93. The molecule has 4 heteroatoms. The Balaban J connectivity index is 2.41. The van der Waals surface area contributed by atoms with Gasteiger partial charge in [0.2, 0.25) is 0 Å². The van der Waals surface area contributed by atoms with Gasteiger partial charge in [0.1, 0.15) is 0 Å². The largest absolute Gasteiger partial charge is 0.398 e. The summed E-state index contributed by atoms with van der Waals surface area (Å²) in [5.41, 5.74) is 8.29. The number of halogens is 1. The van der Waals surface area contributed by atoms with Crippen LogP contribution >= 0.6 is 11.6 Å². The van der Waals surface area contributed by atoms with Crippen molar-refractivity contribution >= 4 is 23.1 Å². The van der Waals surface area contributed by atoms with Crippen LogP contribution < -0.4 is 11.1 Å². The van der Waals surface area contributed by atoms with E-state index in [0.717, 1.165) is 5.57 Å². The summed E-state index contributed by atoms with van der Waals surface area (Å²) in [7, 11) is 0. The van der Waals surface area contributed by atoms with Gasteiger partial charge in [-0.15, -0.1) is 0 Å². The third kappa shape index (κ3) is 2.34. The summed E-state index contributed by atoms with van der Waals surface area (Å²) in [6.07, 6.45) is 3.69. The van der Waals surface area contributed by atoms with E-state index in [1.165, 1.54) is 0 Å². The van der Waals surface area contributed by atoms with Gasteiger partial charge in [0, 0.05) is 34.6 Å². The number of ketones is 1. The molecule has 0 saturated carbocycles. The van der Waals surface area contributed by atoms with Crippen molar-refractivity contribution in [3.8, 4) is 0 Å². The molecule has 88 valence electrons. The van der Waals surface area contributed by atoms with Crippen molar-refractivity contribution in [2.24, 2.45) is 0 Å². The van der Waals surface area contributed by atoms with E-state index < -0.39 is 0 Å². The molecule has 0 fully saturated rings. The third-order valence-electron chi connectivity index (χ3n) is 2.67. The second kappa shape index (κ2) is 4.63. The molecule has 0 atom stereocenters. The number of carbonyl (C=O) groups is 1. The summed E-state index contributed by atoms with van der Waals surface area (Å²) in [6.45, 7) is 2.54. The first-order valence-electron chi connectivity index (χ1n) is 5.30. The Kier molecular flexibility index (Phi) is 3.20. The van der Waals surface area contributed by atoms with Gasteiger partial charge in [0.05, 0.1) is 0 Å². The zero-order valence-corrected chi connectivity index (χ0v) is 10.2. The van der Waals surface area contributed by atoms with Crippen LogP contribution in [0, 0.1) is 0 Å². The molecule has 17 heavy (non-hydrogen) atoms. The summed E-state index contributed by atoms with van der Waals surface area (Å²) in [4.78, 5) is 12.3. The van der Waals surface area contributed by atoms with E-state index in [-0.39, 0.29) is 5.78 Å². The van der Waals surface area contributed by atoms with Gasteiger partial charge in [0.25, 0.3) is 0 Å². The lowest BCUT2D eigenvalue weighted by atomic mass is 9.95. The van der Waals surface area contributed by atoms with Gasteiger partial charge in [0.15, 0.2) is 5.78 Å². The number of nitrogens with two attached hydrogens (primary N) is 1. The fourth-order valence-electron chi connectivity index (χ4n) is 1.75. The van der Waals surface area contributed by atoms with Gasteiger partial charge < -0.3 is 11.1 Å². The summed E-state index contributed by atoms with van der Waals surface area (Å²) >= 11 is 5.88. The molecule has 1 aliphatic rings. The van der Waals surface area contributed by atoms with Crippen LogP contribution in [0.3, 0.4) is 0 Å². The Bertz CT molecular complexity index is 532. The molecule has 1 aromatic carbocycles. The standard InChI is InChI=1S/C13H13ClN2O/c1-8-7-16-5-4-10(8)13(17)11-6-9(14)2-3-12(11)15/h2-4,6-7,16H,5,15H2,1H3. The van der Waals surface area contributed by atoms with Crippen molar-refractivity contribution in [3.05, 3.63) is 52.2 Å². The number of nitrogens with one attached hydrogen (secondary N) is 1. The maximum absolute atomic E-state index is 12.3. The van der Waals surface area contributed by atoms with E-state index >= 15 is 0 Å². The van der Waals surface area contributed by atoms with Crippen LogP contribution in [0.4, 0.5) is 5.69 Å². The highest BCUT2D eigenvalue weighted by atomic mass is 35.5. The van der Waals surface area contributed by atoms with Crippen LogP contribution in [0.5, 0.6) is 0 Å². The summed E-state index contributed by atoms with van der Waals surface area (Å²) in [5.74, 6) is -0.0831. The van der Waals surface area contributed by atoms with Gasteiger partial charge in [-0.05, 0) is 30.7 Å². The number of hydrogen-bond acceptors (Lipinski definition) is 3. The Hall–Kier alpha value is -1.74. The number of allylic oxidation sites excluding steroid dienone is 2. The zero-order valence-electron chi connectivity index (χ0n) is 9.46. The molecular weight excluding hydrogens is 236 g/mol. The van der Waals surface area contributed by atoms with Gasteiger partial charge in [-0.3, -0.25) is 4.79 Å². The minimum Gasteiger partial charge on any atom is -0.398 e. The lowest BCUT2D eigenvalue weighted by Gasteiger charge is -2.14. The summed E-state index contributed by atoms with van der Waals surface area (Å²) in [6, 6.07) is 4.93. The van der Waals surface area contributed by atoms with E-state index in [1.807, 2.05) is 19.2 Å². The molecule has 1 aromatic rings. The zero-order chi connectivity index (χ0) is 12.4. The molecule has 0 unspecified atom stereocenters. The topological polar surface area (TPSA) is 55.1 Å². The molecule has 3 N–H and O–H groups in total. The lowest BCUT2D eigenvalue weighted by molar-refractivity contribution is 0.103. The highest BCUT2D eigenvalue weighted by Crippen LogP contribution is 2.24. The minimum atomic E-state index is -0.0831. The molecule has 0 aliphatic carbocycles. The summed E-state index contributed by atoms with van der Waals surface area (Å²) in [5, 5.41) is 3.56. The smallest absolute Gasteiger partial charge is 0.195 e. The van der Waals surface area contributed by atoms with E-state index in [2.05, 4.69) is 5.32 Å². The van der Waals surface area contributed by atoms with Gasteiger partial charge in [-0.2, -0.15) is 0 Å². The summed E-state index contributed by atoms with van der Waals surface area (Å²) < 4.78 is 0. The number of nitrogen functional groups attached to an aromatic ring is 1. The highest BCUT2D eigenvalue weighted by molar-refractivity contribution is 6.31. The third-order valence-corrected chi connectivity index (χ3v) is 2.91. The van der Waals surface area contributed by atoms with Crippen LogP contribution in [-0.2, 0) is 0 Å². The van der Waals surface area contributed by atoms with E-state index in [9.17, 15) is 4.79 Å². The highest BCUT2D eigenvalue weighted by Gasteiger charge is 2.18. The second-order valence-corrected chi connectivity index (χ2v) is 4.35. The molecule has 0 radical (unpaired) electrons. The number of dihydropyridines is 1. The van der Waals surface area contributed by atoms with E-state index in [1.54, 1.807) is 18.2 Å². The van der Waals surface area contributed by atoms with E-state index in [4.69, 9.17) is 17.3 Å². The average molecular weight is 249 g/mol. The predicted molar refractivity (Wildman–Crippen MR) is 70.0 cm³/mol. The lowest BCUT2D eigenvalue weighted by Crippen LogP contribution is -2.17. The van der Waals surface area contributed by atoms with Crippen LogP contribution in [-0.4, -0.2) is 12.3 Å². The first kappa shape index (κ1) is 11.7. The molecule has 0 spiro atoms. The molecule has 0 amide bonds. The van der Waals surface area contributed by atoms with E-state index in [0.29, 0.717) is 28.4 Å². The van der Waals surface area contributed by atoms with Crippen molar-refractivity contribution in [2.75, 3.05) is 12.3 Å². The number of rotatable bonds is 2. The maximum Gasteiger partial charge on any atom is 0.195 e. The second-order valence-electron chi connectivity index (χ2n) is 3.91. The first-order chi connectivity index (χ1) is 8.09. The van der Waals surface area contributed by atoms with Gasteiger partial charge in [-0.1, -0.05) is 17.7 Å². The van der Waals surface area contributed by atoms with Crippen LogP contribution in [0.1, 0.15) is 17.3 Å². The number of anilines is 1. The van der Waals surface area contributed by atoms with Crippen molar-refractivity contribution in [1.82, 2.24) is 5.32 Å². The maximum atomic E-state index is 12.3. The molecule has 0 bridgehead atoms. The Morgan fingerprint density at radius 2 is 2.24 bits per heavy atom. The van der Waals surface area contributed by atoms with Crippen LogP contribution in [0.25, 0.3) is 0 Å². The number of hydrogen-bond donors (Lipinski definition) is 2. The average Bonchev–Trinajstić information content (AvgIpc) is 2.32. The number of Topliss-reactive ketones (excluding diaryl/α,β-unsaturated/α-hetero) is 1. The molecule has 3 nitrogen and oxygen atoms in total. The molecule has 2 rings (SSSR count). The Morgan fingerprint density at radius 1 is 1.47 bits per heavy atom. The number of benzene rings is 1.